The molecule has 3 rings (SSSR count). The minimum Gasteiger partial charge on any atom is -0.342 e. The van der Waals surface area contributed by atoms with Crippen molar-refractivity contribution < 1.29 is 0 Å². The zero-order chi connectivity index (χ0) is 10.4. The summed E-state index contributed by atoms with van der Waals surface area (Å²) in [5.41, 5.74) is 5.59. The molecule has 1 aliphatic heterocycles. The molecule has 2 aromatic rings. The van der Waals surface area contributed by atoms with E-state index in [2.05, 4.69) is 41.9 Å². The summed E-state index contributed by atoms with van der Waals surface area (Å²) in [4.78, 5) is 0. The first kappa shape index (κ1) is 8.98. The summed E-state index contributed by atoms with van der Waals surface area (Å²) >= 11 is 0. The summed E-state index contributed by atoms with van der Waals surface area (Å²) in [5.74, 6) is 0. The molecule has 0 amide bonds. The molecule has 2 heteroatoms. The van der Waals surface area contributed by atoms with Gasteiger partial charge in [-0.25, -0.2) is 0 Å². The van der Waals surface area contributed by atoms with Gasteiger partial charge < -0.3 is 9.88 Å². The van der Waals surface area contributed by atoms with Gasteiger partial charge in [-0.15, -0.1) is 0 Å². The number of benzene rings is 1. The Balaban J connectivity index is 2.33. The smallest absolute Gasteiger partial charge is 0.0486 e. The molecule has 1 aromatic carbocycles. The molecule has 1 aliphatic rings. The maximum absolute atomic E-state index is 3.41. The number of hydrogen-bond donors (Lipinski definition) is 1. The quantitative estimate of drug-likeness (QED) is 0.691. The van der Waals surface area contributed by atoms with Crippen LogP contribution >= 0.6 is 0 Å². The molecule has 1 aromatic heterocycles. The van der Waals surface area contributed by atoms with E-state index in [0.29, 0.717) is 0 Å². The van der Waals surface area contributed by atoms with Gasteiger partial charge in [-0.1, -0.05) is 0 Å². The molecule has 15 heavy (non-hydrogen) atoms. The Morgan fingerprint density at radius 2 is 1.93 bits per heavy atom. The molecular weight excluding hydrogens is 184 g/mol. The molecule has 0 bridgehead atoms. The normalized spacial score (nSPS) is 15.6. The Bertz CT molecular complexity index is 523. The lowest BCUT2D eigenvalue weighted by Crippen LogP contribution is -2.27. The van der Waals surface area contributed by atoms with Gasteiger partial charge in [0, 0.05) is 36.2 Å². The number of rotatable bonds is 0. The van der Waals surface area contributed by atoms with Crippen LogP contribution in [0.3, 0.4) is 0 Å². The summed E-state index contributed by atoms with van der Waals surface area (Å²) in [6.07, 6.45) is 0. The van der Waals surface area contributed by atoms with Crippen LogP contribution in [0.5, 0.6) is 0 Å². The van der Waals surface area contributed by atoms with Crippen LogP contribution in [0.15, 0.2) is 18.2 Å². The van der Waals surface area contributed by atoms with Gasteiger partial charge in [0.25, 0.3) is 0 Å². The van der Waals surface area contributed by atoms with E-state index in [1.54, 1.807) is 0 Å². The highest BCUT2D eigenvalue weighted by Crippen LogP contribution is 2.24. The predicted molar refractivity (Wildman–Crippen MR) is 63.1 cm³/mol. The molecule has 1 N–H and O–H groups in total. The van der Waals surface area contributed by atoms with Gasteiger partial charge in [-0.3, -0.25) is 0 Å². The van der Waals surface area contributed by atoms with Crippen molar-refractivity contribution in [2.45, 2.75) is 26.9 Å². The zero-order valence-corrected chi connectivity index (χ0v) is 9.30. The molecular formula is C13H16N2. The van der Waals surface area contributed by atoms with Crippen molar-refractivity contribution in [3.63, 3.8) is 0 Å². The molecule has 0 aliphatic carbocycles. The van der Waals surface area contributed by atoms with Crippen molar-refractivity contribution in [2.75, 3.05) is 6.54 Å². The number of hydrogen-bond acceptors (Lipinski definition) is 1. The van der Waals surface area contributed by atoms with Gasteiger partial charge in [0.15, 0.2) is 0 Å². The summed E-state index contributed by atoms with van der Waals surface area (Å²) < 4.78 is 2.44. The Labute approximate surface area is 89.9 Å². The van der Waals surface area contributed by atoms with Gasteiger partial charge in [0.05, 0.1) is 0 Å². The highest BCUT2D eigenvalue weighted by Gasteiger charge is 2.12. The number of aromatic nitrogens is 1. The minimum atomic E-state index is 1.01. The van der Waals surface area contributed by atoms with Crippen LogP contribution in [0.2, 0.25) is 0 Å². The van der Waals surface area contributed by atoms with E-state index >= 15 is 0 Å². The highest BCUT2D eigenvalue weighted by molar-refractivity contribution is 5.83. The second-order valence-electron chi connectivity index (χ2n) is 4.46. The fourth-order valence-corrected chi connectivity index (χ4v) is 2.40. The average Bonchev–Trinajstić information content (AvgIpc) is 2.57. The second-order valence-corrected chi connectivity index (χ2v) is 4.46. The van der Waals surface area contributed by atoms with Gasteiger partial charge in [0.2, 0.25) is 0 Å². The Hall–Kier alpha value is -1.28. The zero-order valence-electron chi connectivity index (χ0n) is 9.30. The number of nitrogens with zero attached hydrogens (tertiary/aromatic N) is 1. The van der Waals surface area contributed by atoms with Crippen molar-refractivity contribution >= 4 is 10.9 Å². The summed E-state index contributed by atoms with van der Waals surface area (Å²) in [7, 11) is 0. The van der Waals surface area contributed by atoms with Crippen LogP contribution < -0.4 is 5.32 Å². The molecule has 0 saturated heterocycles. The number of fused-ring (bicyclic) bond motifs is 3. The first-order valence-electron chi connectivity index (χ1n) is 5.56. The van der Waals surface area contributed by atoms with Crippen molar-refractivity contribution in [2.24, 2.45) is 0 Å². The van der Waals surface area contributed by atoms with E-state index in [0.717, 1.165) is 19.6 Å². The van der Waals surface area contributed by atoms with Crippen LogP contribution in [0.4, 0.5) is 0 Å². The third-order valence-corrected chi connectivity index (χ3v) is 3.42. The largest absolute Gasteiger partial charge is 0.342 e. The third kappa shape index (κ3) is 1.29. The molecule has 2 heterocycles. The fourth-order valence-electron chi connectivity index (χ4n) is 2.40. The van der Waals surface area contributed by atoms with Crippen LogP contribution in [0.1, 0.15) is 16.8 Å². The molecule has 0 fully saturated rings. The van der Waals surface area contributed by atoms with Gasteiger partial charge >= 0.3 is 0 Å². The maximum atomic E-state index is 3.41. The first-order valence-corrected chi connectivity index (χ1v) is 5.56. The molecule has 0 atom stereocenters. The summed E-state index contributed by atoms with van der Waals surface area (Å²) in [6, 6.07) is 6.93. The number of aryl methyl sites for hydroxylation is 2. The lowest BCUT2D eigenvalue weighted by atomic mass is 10.1. The SMILES string of the molecule is Cc1cc2cc3n(c2cc1C)CCNC3. The monoisotopic (exact) mass is 200 g/mol. The third-order valence-electron chi connectivity index (χ3n) is 3.42. The van der Waals surface area contributed by atoms with Crippen LogP contribution in [-0.2, 0) is 13.1 Å². The molecule has 2 nitrogen and oxygen atoms in total. The van der Waals surface area contributed by atoms with Gasteiger partial charge in [-0.05, 0) is 43.2 Å². The van der Waals surface area contributed by atoms with Crippen molar-refractivity contribution in [1.82, 2.24) is 9.88 Å². The second kappa shape index (κ2) is 3.11. The molecule has 0 radical (unpaired) electrons. The van der Waals surface area contributed by atoms with E-state index in [4.69, 9.17) is 0 Å². The van der Waals surface area contributed by atoms with E-state index in [-0.39, 0.29) is 0 Å². The molecule has 0 saturated carbocycles. The summed E-state index contributed by atoms with van der Waals surface area (Å²) in [6.45, 7) is 7.57. The Morgan fingerprint density at radius 3 is 2.80 bits per heavy atom. The lowest BCUT2D eigenvalue weighted by Gasteiger charge is -2.17. The van der Waals surface area contributed by atoms with E-state index in [1.807, 2.05) is 0 Å². The first-order chi connectivity index (χ1) is 7.25. The van der Waals surface area contributed by atoms with Gasteiger partial charge in [-0.2, -0.15) is 0 Å². The highest BCUT2D eigenvalue weighted by atomic mass is 15.1. The van der Waals surface area contributed by atoms with E-state index in [1.165, 1.54) is 27.7 Å². The van der Waals surface area contributed by atoms with Crippen LogP contribution in [0, 0.1) is 13.8 Å². The van der Waals surface area contributed by atoms with E-state index in [9.17, 15) is 0 Å². The van der Waals surface area contributed by atoms with Crippen molar-refractivity contribution in [3.05, 3.63) is 35.0 Å². The molecule has 0 unspecified atom stereocenters. The number of nitrogens with one attached hydrogen (secondary N) is 1. The molecule has 0 spiro atoms. The summed E-state index contributed by atoms with van der Waals surface area (Å²) in [5, 5.41) is 4.80. The lowest BCUT2D eigenvalue weighted by molar-refractivity contribution is 0.527. The molecule has 78 valence electrons. The topological polar surface area (TPSA) is 17.0 Å². The van der Waals surface area contributed by atoms with Crippen molar-refractivity contribution in [3.8, 4) is 0 Å². The fraction of sp³-hybridized carbons (Fsp3) is 0.385. The van der Waals surface area contributed by atoms with Crippen LogP contribution in [-0.4, -0.2) is 11.1 Å². The van der Waals surface area contributed by atoms with Gasteiger partial charge in [0.1, 0.15) is 0 Å². The Morgan fingerprint density at radius 1 is 1.13 bits per heavy atom. The van der Waals surface area contributed by atoms with Crippen LogP contribution in [0.25, 0.3) is 10.9 Å². The Kier molecular flexibility index (Phi) is 1.86. The van der Waals surface area contributed by atoms with E-state index < -0.39 is 0 Å². The maximum Gasteiger partial charge on any atom is 0.0486 e. The minimum absolute atomic E-state index is 1.01. The standard InChI is InChI=1S/C13H16N2/c1-9-5-11-7-12-8-14-3-4-15(12)13(11)6-10(9)2/h5-7,14H,3-4,8H2,1-2H3. The predicted octanol–water partition coefficient (Wildman–Crippen LogP) is 2.36. The average molecular weight is 200 g/mol. The van der Waals surface area contributed by atoms with Crippen molar-refractivity contribution in [1.29, 1.82) is 0 Å².